The van der Waals surface area contributed by atoms with Gasteiger partial charge in [0.05, 0.1) is 24.3 Å². The van der Waals surface area contributed by atoms with Crippen LogP contribution in [0.15, 0.2) is 66.7 Å². The lowest BCUT2D eigenvalue weighted by Crippen LogP contribution is -2.29. The Morgan fingerprint density at radius 3 is 2.47 bits per heavy atom. The number of nitrogens with one attached hydrogen (secondary N) is 1. The number of esters is 1. The molecule has 4 aromatic rings. The fraction of sp³-hybridized carbons (Fsp3) is 0.267. The second-order valence-electron chi connectivity index (χ2n) is 8.92. The molecule has 0 aliphatic carbocycles. The smallest absolute Gasteiger partial charge is 0.341 e. The summed E-state index contributed by atoms with van der Waals surface area (Å²) in [6.07, 6.45) is 0.723. The van der Waals surface area contributed by atoms with Gasteiger partial charge < -0.3 is 14.8 Å². The monoisotopic (exact) mass is 550 g/mol. The standard InChI is InChI=1S/C30H30N2O4S.ClH/c1-3-35-24-15-14-21-12-8-9-13-22(21)26(24)28(33)31-29-27(30(34)36-4-2)23-16-17-32(19-25(23)37-29)18-20-10-6-5-7-11-20;/h5-15H,3-4,16-19H2,1-2H3,(H,31,33);1H. The zero-order chi connectivity index (χ0) is 25.8. The minimum Gasteiger partial charge on any atom is -0.493 e. The normalized spacial score (nSPS) is 12.9. The molecule has 0 spiro atoms. The van der Waals surface area contributed by atoms with Gasteiger partial charge in [0.1, 0.15) is 10.8 Å². The molecule has 1 aliphatic heterocycles. The number of hydrogen-bond acceptors (Lipinski definition) is 6. The number of ether oxygens (including phenoxy) is 2. The molecular weight excluding hydrogens is 520 g/mol. The van der Waals surface area contributed by atoms with Crippen LogP contribution in [0.1, 0.15) is 50.6 Å². The number of thiophene rings is 1. The summed E-state index contributed by atoms with van der Waals surface area (Å²) in [7, 11) is 0. The largest absolute Gasteiger partial charge is 0.493 e. The van der Waals surface area contributed by atoms with E-state index in [0.29, 0.717) is 28.5 Å². The molecule has 38 heavy (non-hydrogen) atoms. The van der Waals surface area contributed by atoms with Crippen molar-refractivity contribution in [2.24, 2.45) is 0 Å². The highest BCUT2D eigenvalue weighted by molar-refractivity contribution is 7.17. The maximum Gasteiger partial charge on any atom is 0.341 e. The minimum atomic E-state index is -0.394. The first-order chi connectivity index (χ1) is 18.1. The van der Waals surface area contributed by atoms with Crippen molar-refractivity contribution in [2.45, 2.75) is 33.4 Å². The zero-order valence-corrected chi connectivity index (χ0v) is 23.1. The number of carbonyl (C=O) groups is 2. The number of fused-ring (bicyclic) bond motifs is 2. The van der Waals surface area contributed by atoms with Crippen molar-refractivity contribution in [2.75, 3.05) is 25.1 Å². The second-order valence-corrected chi connectivity index (χ2v) is 10.0. The van der Waals surface area contributed by atoms with Gasteiger partial charge in [-0.1, -0.05) is 60.7 Å². The van der Waals surface area contributed by atoms with E-state index in [9.17, 15) is 9.59 Å². The Hall–Kier alpha value is -3.39. The highest BCUT2D eigenvalue weighted by atomic mass is 35.5. The summed E-state index contributed by atoms with van der Waals surface area (Å²) in [4.78, 5) is 30.2. The zero-order valence-electron chi connectivity index (χ0n) is 21.5. The van der Waals surface area contributed by atoms with Crippen LogP contribution in [0, 0.1) is 0 Å². The first-order valence-corrected chi connectivity index (χ1v) is 13.4. The van der Waals surface area contributed by atoms with Crippen LogP contribution in [0.3, 0.4) is 0 Å². The minimum absolute atomic E-state index is 0. The summed E-state index contributed by atoms with van der Waals surface area (Å²) in [6, 6.07) is 21.9. The molecule has 8 heteroatoms. The van der Waals surface area contributed by atoms with Crippen molar-refractivity contribution in [3.05, 3.63) is 93.9 Å². The van der Waals surface area contributed by atoms with E-state index in [-0.39, 0.29) is 24.9 Å². The van der Waals surface area contributed by atoms with E-state index in [1.165, 1.54) is 16.9 Å². The third-order valence-electron chi connectivity index (χ3n) is 6.51. The number of nitrogens with zero attached hydrogens (tertiary/aromatic N) is 1. The Kier molecular flexibility index (Phi) is 9.05. The van der Waals surface area contributed by atoms with Crippen molar-refractivity contribution in [1.82, 2.24) is 4.90 Å². The van der Waals surface area contributed by atoms with Crippen LogP contribution >= 0.6 is 23.7 Å². The van der Waals surface area contributed by atoms with E-state index in [1.54, 1.807) is 6.92 Å². The predicted molar refractivity (Wildman–Crippen MR) is 155 cm³/mol. The fourth-order valence-corrected chi connectivity index (χ4v) is 6.14. The number of carbonyl (C=O) groups excluding carboxylic acids is 2. The SMILES string of the molecule is CCOC(=O)c1c(NC(=O)c2c(OCC)ccc3ccccc23)sc2c1CCN(Cc1ccccc1)C2.Cl. The van der Waals surface area contributed by atoms with Gasteiger partial charge in [-0.3, -0.25) is 9.69 Å². The van der Waals surface area contributed by atoms with Crippen LogP contribution in [0.5, 0.6) is 5.75 Å². The Labute approximate surface area is 233 Å². The molecule has 0 saturated heterocycles. The number of hydrogen-bond donors (Lipinski definition) is 1. The number of halogens is 1. The third-order valence-corrected chi connectivity index (χ3v) is 7.64. The number of rotatable bonds is 8. The second kappa shape index (κ2) is 12.4. The van der Waals surface area contributed by atoms with Crippen LogP contribution in [-0.2, 0) is 24.2 Å². The maximum atomic E-state index is 13.7. The van der Waals surface area contributed by atoms with Gasteiger partial charge in [0.15, 0.2) is 0 Å². The van der Waals surface area contributed by atoms with Crippen molar-refractivity contribution >= 4 is 51.4 Å². The van der Waals surface area contributed by atoms with Gasteiger partial charge in [0.25, 0.3) is 5.91 Å². The quantitative estimate of drug-likeness (QED) is 0.247. The predicted octanol–water partition coefficient (Wildman–Crippen LogP) is 6.71. The average molecular weight is 551 g/mol. The first kappa shape index (κ1) is 27.6. The van der Waals surface area contributed by atoms with Crippen LogP contribution in [0.4, 0.5) is 5.00 Å². The molecule has 0 radical (unpaired) electrons. The fourth-order valence-electron chi connectivity index (χ4n) is 4.87. The van der Waals surface area contributed by atoms with Crippen LogP contribution in [-0.4, -0.2) is 36.5 Å². The molecule has 6 nitrogen and oxygen atoms in total. The topological polar surface area (TPSA) is 67.9 Å². The molecule has 0 atom stereocenters. The number of amides is 1. The number of anilines is 1. The van der Waals surface area contributed by atoms with E-state index in [2.05, 4.69) is 22.3 Å². The Morgan fingerprint density at radius 1 is 0.947 bits per heavy atom. The Balaban J connectivity index is 0.00000336. The van der Waals surface area contributed by atoms with Gasteiger partial charge in [-0.15, -0.1) is 23.7 Å². The summed E-state index contributed by atoms with van der Waals surface area (Å²) in [5.74, 6) is -0.174. The highest BCUT2D eigenvalue weighted by Crippen LogP contribution is 2.39. The summed E-state index contributed by atoms with van der Waals surface area (Å²) < 4.78 is 11.2. The van der Waals surface area contributed by atoms with E-state index < -0.39 is 5.97 Å². The Bertz CT molecular complexity index is 1440. The molecule has 2 heterocycles. The molecule has 1 aromatic heterocycles. The van der Waals surface area contributed by atoms with E-state index in [4.69, 9.17) is 9.47 Å². The van der Waals surface area contributed by atoms with Crippen molar-refractivity contribution in [3.63, 3.8) is 0 Å². The summed E-state index contributed by atoms with van der Waals surface area (Å²) in [5.41, 5.74) is 3.17. The van der Waals surface area contributed by atoms with Crippen molar-refractivity contribution < 1.29 is 19.1 Å². The van der Waals surface area contributed by atoms with Gasteiger partial charge in [-0.25, -0.2) is 4.79 Å². The molecule has 1 amide bonds. The summed E-state index contributed by atoms with van der Waals surface area (Å²) in [5, 5.41) is 5.34. The van der Waals surface area contributed by atoms with E-state index in [0.717, 1.165) is 47.3 Å². The van der Waals surface area contributed by atoms with Crippen LogP contribution < -0.4 is 10.1 Å². The summed E-state index contributed by atoms with van der Waals surface area (Å²) in [6.45, 7) is 6.78. The van der Waals surface area contributed by atoms with Gasteiger partial charge in [-0.2, -0.15) is 0 Å². The van der Waals surface area contributed by atoms with E-state index >= 15 is 0 Å². The molecule has 1 aliphatic rings. The van der Waals surface area contributed by atoms with Gasteiger partial charge in [0, 0.05) is 24.5 Å². The molecular formula is C30H31ClN2O4S. The van der Waals surface area contributed by atoms with Crippen LogP contribution in [0.2, 0.25) is 0 Å². The lowest BCUT2D eigenvalue weighted by Gasteiger charge is -2.27. The van der Waals surface area contributed by atoms with Crippen LogP contribution in [0.25, 0.3) is 10.8 Å². The third kappa shape index (κ3) is 5.70. The lowest BCUT2D eigenvalue weighted by atomic mass is 10.0. The average Bonchev–Trinajstić information content (AvgIpc) is 3.26. The van der Waals surface area contributed by atoms with Gasteiger partial charge in [-0.05, 0) is 48.2 Å². The summed E-state index contributed by atoms with van der Waals surface area (Å²) >= 11 is 1.46. The van der Waals surface area contributed by atoms with Gasteiger partial charge >= 0.3 is 5.97 Å². The molecule has 3 aromatic carbocycles. The van der Waals surface area contributed by atoms with Gasteiger partial charge in [0.2, 0.25) is 0 Å². The molecule has 0 saturated carbocycles. The lowest BCUT2D eigenvalue weighted by molar-refractivity contribution is 0.0526. The van der Waals surface area contributed by atoms with E-state index in [1.807, 2.05) is 61.5 Å². The first-order valence-electron chi connectivity index (χ1n) is 12.6. The molecule has 198 valence electrons. The molecule has 0 bridgehead atoms. The maximum absolute atomic E-state index is 13.7. The van der Waals surface area contributed by atoms with Crippen molar-refractivity contribution in [1.29, 1.82) is 0 Å². The van der Waals surface area contributed by atoms with Crippen molar-refractivity contribution in [3.8, 4) is 5.75 Å². The molecule has 0 fully saturated rings. The highest BCUT2D eigenvalue weighted by Gasteiger charge is 2.30. The molecule has 5 rings (SSSR count). The Morgan fingerprint density at radius 2 is 1.71 bits per heavy atom. The molecule has 1 N–H and O–H groups in total. The number of benzene rings is 3. The molecule has 0 unspecified atom stereocenters.